The highest BCUT2D eigenvalue weighted by molar-refractivity contribution is 6.10. The van der Waals surface area contributed by atoms with Gasteiger partial charge in [0, 0.05) is 5.69 Å². The Morgan fingerprint density at radius 3 is 2.39 bits per heavy atom. The molecule has 0 aliphatic carbocycles. The standard InChI is InChI=1S/C30H29NO5/c1-5-6-15-35-24-14-10-20(17-25(24)34-4)27-26-28(32)22-16-19(3)9-13-23(22)36-29(26)30(33)31(27)21-11-7-18(2)8-12-21/h7-14,16-17,27H,5-6,15H2,1-4H3. The smallest absolute Gasteiger partial charge is 0.295 e. The van der Waals surface area contributed by atoms with Crippen molar-refractivity contribution in [2.75, 3.05) is 18.6 Å². The third-order valence-corrected chi connectivity index (χ3v) is 6.60. The summed E-state index contributed by atoms with van der Waals surface area (Å²) in [5, 5.41) is 0.462. The first kappa shape index (κ1) is 23.7. The summed E-state index contributed by atoms with van der Waals surface area (Å²) in [6, 6.07) is 18.0. The molecule has 0 saturated carbocycles. The number of fused-ring (bicyclic) bond motifs is 2. The van der Waals surface area contributed by atoms with Crippen LogP contribution in [-0.2, 0) is 0 Å². The Balaban J connectivity index is 1.71. The van der Waals surface area contributed by atoms with Crippen molar-refractivity contribution in [1.82, 2.24) is 0 Å². The fraction of sp³-hybridized carbons (Fsp3) is 0.267. The number of aryl methyl sites for hydroxylation is 2. The van der Waals surface area contributed by atoms with Crippen LogP contribution < -0.4 is 19.8 Å². The summed E-state index contributed by atoms with van der Waals surface area (Å²) in [5.74, 6) is 0.904. The maximum absolute atomic E-state index is 13.8. The molecule has 36 heavy (non-hydrogen) atoms. The fourth-order valence-electron chi connectivity index (χ4n) is 4.67. The van der Waals surface area contributed by atoms with Crippen molar-refractivity contribution in [3.05, 3.63) is 98.9 Å². The molecular formula is C30H29NO5. The van der Waals surface area contributed by atoms with Crippen LogP contribution in [0, 0.1) is 13.8 Å². The van der Waals surface area contributed by atoms with Crippen LogP contribution in [0.5, 0.6) is 11.5 Å². The molecule has 1 aromatic heterocycles. The summed E-state index contributed by atoms with van der Waals surface area (Å²) in [7, 11) is 1.59. The summed E-state index contributed by atoms with van der Waals surface area (Å²) < 4.78 is 17.6. The van der Waals surface area contributed by atoms with Gasteiger partial charge in [-0.1, -0.05) is 48.7 Å². The van der Waals surface area contributed by atoms with Crippen LogP contribution in [0.1, 0.15) is 58.6 Å². The lowest BCUT2D eigenvalue weighted by molar-refractivity contribution is 0.0971. The summed E-state index contributed by atoms with van der Waals surface area (Å²) in [5.41, 5.74) is 3.97. The minimum Gasteiger partial charge on any atom is -0.493 e. The summed E-state index contributed by atoms with van der Waals surface area (Å²) in [6.07, 6.45) is 1.96. The second-order valence-corrected chi connectivity index (χ2v) is 9.20. The van der Waals surface area contributed by atoms with Gasteiger partial charge < -0.3 is 13.9 Å². The van der Waals surface area contributed by atoms with Gasteiger partial charge in [0.2, 0.25) is 5.76 Å². The van der Waals surface area contributed by atoms with Crippen LogP contribution in [-0.4, -0.2) is 19.6 Å². The summed E-state index contributed by atoms with van der Waals surface area (Å²) in [4.78, 5) is 29.2. The number of carbonyl (C=O) groups is 1. The third-order valence-electron chi connectivity index (χ3n) is 6.60. The van der Waals surface area contributed by atoms with E-state index in [2.05, 4.69) is 6.92 Å². The zero-order valence-electron chi connectivity index (χ0n) is 21.0. The minimum atomic E-state index is -0.671. The molecule has 0 fully saturated rings. The van der Waals surface area contributed by atoms with Crippen LogP contribution >= 0.6 is 0 Å². The second kappa shape index (κ2) is 9.53. The molecule has 0 radical (unpaired) electrons. The largest absolute Gasteiger partial charge is 0.493 e. The van der Waals surface area contributed by atoms with Crippen molar-refractivity contribution in [2.45, 2.75) is 39.7 Å². The number of ether oxygens (including phenoxy) is 2. The van der Waals surface area contributed by atoms with Crippen molar-refractivity contribution < 1.29 is 18.7 Å². The number of hydrogen-bond donors (Lipinski definition) is 0. The van der Waals surface area contributed by atoms with Crippen molar-refractivity contribution in [3.8, 4) is 11.5 Å². The Bertz CT molecular complexity index is 1500. The van der Waals surface area contributed by atoms with E-state index in [1.54, 1.807) is 18.1 Å². The van der Waals surface area contributed by atoms with E-state index in [1.807, 2.05) is 68.4 Å². The molecule has 0 bridgehead atoms. The molecule has 1 atom stereocenters. The number of unbranched alkanes of at least 4 members (excludes halogenated alkanes) is 1. The number of amides is 1. The Kier molecular flexibility index (Phi) is 6.27. The summed E-state index contributed by atoms with van der Waals surface area (Å²) in [6.45, 7) is 6.61. The molecule has 0 N–H and O–H groups in total. The van der Waals surface area contributed by atoms with Crippen molar-refractivity contribution in [1.29, 1.82) is 0 Å². The van der Waals surface area contributed by atoms with Crippen molar-refractivity contribution >= 4 is 22.6 Å². The van der Waals surface area contributed by atoms with E-state index in [-0.39, 0.29) is 17.1 Å². The van der Waals surface area contributed by atoms with Crippen LogP contribution in [0.3, 0.4) is 0 Å². The SMILES string of the molecule is CCCCOc1ccc(C2c3c(oc4ccc(C)cc4c3=O)C(=O)N2c2ccc(C)cc2)cc1OC. The van der Waals surface area contributed by atoms with Gasteiger partial charge in [-0.2, -0.15) is 0 Å². The van der Waals surface area contributed by atoms with E-state index in [0.29, 0.717) is 40.3 Å². The van der Waals surface area contributed by atoms with Crippen molar-refractivity contribution in [2.24, 2.45) is 0 Å². The fourth-order valence-corrected chi connectivity index (χ4v) is 4.67. The normalized spacial score (nSPS) is 14.8. The molecule has 6 heteroatoms. The maximum atomic E-state index is 13.8. The average molecular weight is 484 g/mol. The number of nitrogens with zero attached hydrogens (tertiary/aromatic N) is 1. The second-order valence-electron chi connectivity index (χ2n) is 9.20. The molecular weight excluding hydrogens is 454 g/mol. The molecule has 5 rings (SSSR count). The van der Waals surface area contributed by atoms with Crippen LogP contribution in [0.4, 0.5) is 5.69 Å². The highest BCUT2D eigenvalue weighted by Gasteiger charge is 2.44. The monoisotopic (exact) mass is 483 g/mol. The van der Waals surface area contributed by atoms with E-state index in [1.165, 1.54) is 0 Å². The molecule has 4 aromatic rings. The number of hydrogen-bond acceptors (Lipinski definition) is 5. The first-order chi connectivity index (χ1) is 17.4. The van der Waals surface area contributed by atoms with Crippen LogP contribution in [0.2, 0.25) is 0 Å². The zero-order chi connectivity index (χ0) is 25.4. The van der Waals surface area contributed by atoms with E-state index >= 15 is 0 Å². The number of methoxy groups -OCH3 is 1. The zero-order valence-corrected chi connectivity index (χ0v) is 21.0. The molecule has 1 aliphatic heterocycles. The predicted molar refractivity (Wildman–Crippen MR) is 140 cm³/mol. The first-order valence-electron chi connectivity index (χ1n) is 12.2. The number of carbonyl (C=O) groups excluding carboxylic acids is 1. The van der Waals surface area contributed by atoms with Gasteiger partial charge in [0.05, 0.1) is 30.7 Å². The Morgan fingerprint density at radius 2 is 1.67 bits per heavy atom. The molecule has 0 saturated heterocycles. The number of anilines is 1. The van der Waals surface area contributed by atoms with Gasteiger partial charge in [0.25, 0.3) is 5.91 Å². The van der Waals surface area contributed by atoms with E-state index in [0.717, 1.165) is 29.5 Å². The molecule has 184 valence electrons. The molecule has 1 aliphatic rings. The predicted octanol–water partition coefficient (Wildman–Crippen LogP) is 6.35. The van der Waals surface area contributed by atoms with Crippen LogP contribution in [0.25, 0.3) is 11.0 Å². The van der Waals surface area contributed by atoms with Crippen LogP contribution in [0.15, 0.2) is 69.9 Å². The molecule has 1 unspecified atom stereocenters. The summed E-state index contributed by atoms with van der Waals surface area (Å²) >= 11 is 0. The first-order valence-corrected chi connectivity index (χ1v) is 12.2. The molecule has 3 aromatic carbocycles. The minimum absolute atomic E-state index is 0.0733. The molecule has 6 nitrogen and oxygen atoms in total. The Labute approximate surface area is 210 Å². The van der Waals surface area contributed by atoms with Gasteiger partial charge in [-0.05, 0) is 62.2 Å². The lowest BCUT2D eigenvalue weighted by atomic mass is 9.97. The highest BCUT2D eigenvalue weighted by atomic mass is 16.5. The highest BCUT2D eigenvalue weighted by Crippen LogP contribution is 2.43. The number of rotatable bonds is 7. The topological polar surface area (TPSA) is 69.0 Å². The lowest BCUT2D eigenvalue weighted by Crippen LogP contribution is -2.29. The van der Waals surface area contributed by atoms with Gasteiger partial charge in [0.1, 0.15) is 5.58 Å². The van der Waals surface area contributed by atoms with Gasteiger partial charge in [-0.25, -0.2) is 0 Å². The lowest BCUT2D eigenvalue weighted by Gasteiger charge is -2.26. The number of benzene rings is 3. The average Bonchev–Trinajstić information content (AvgIpc) is 3.17. The molecule has 0 spiro atoms. The third kappa shape index (κ3) is 4.02. The van der Waals surface area contributed by atoms with E-state index < -0.39 is 6.04 Å². The van der Waals surface area contributed by atoms with Gasteiger partial charge in [-0.3, -0.25) is 14.5 Å². The van der Waals surface area contributed by atoms with E-state index in [9.17, 15) is 9.59 Å². The molecule has 2 heterocycles. The quantitative estimate of drug-likeness (QED) is 0.287. The van der Waals surface area contributed by atoms with E-state index in [4.69, 9.17) is 13.9 Å². The van der Waals surface area contributed by atoms with Gasteiger partial charge in [-0.15, -0.1) is 0 Å². The molecule has 1 amide bonds. The Hall–Kier alpha value is -4.06. The van der Waals surface area contributed by atoms with Gasteiger partial charge >= 0.3 is 0 Å². The maximum Gasteiger partial charge on any atom is 0.295 e. The van der Waals surface area contributed by atoms with Gasteiger partial charge in [0.15, 0.2) is 16.9 Å². The van der Waals surface area contributed by atoms with Crippen molar-refractivity contribution in [3.63, 3.8) is 0 Å². The Morgan fingerprint density at radius 1 is 0.917 bits per heavy atom.